The van der Waals surface area contributed by atoms with E-state index in [4.69, 9.17) is 9.47 Å². The lowest BCUT2D eigenvalue weighted by Gasteiger charge is -2.18. The zero-order chi connectivity index (χ0) is 15.0. The van der Waals surface area contributed by atoms with Gasteiger partial charge in [0.05, 0.1) is 6.61 Å². The summed E-state index contributed by atoms with van der Waals surface area (Å²) in [6, 6.07) is 1.72. The van der Waals surface area contributed by atoms with Crippen molar-refractivity contribution < 1.29 is 14.3 Å². The Kier molecular flexibility index (Phi) is 3.68. The van der Waals surface area contributed by atoms with Gasteiger partial charge in [-0.05, 0) is 64.2 Å². The first kappa shape index (κ1) is 14.4. The van der Waals surface area contributed by atoms with E-state index in [0.29, 0.717) is 11.8 Å². The van der Waals surface area contributed by atoms with Crippen LogP contribution in [0, 0.1) is 17.8 Å². The third-order valence-corrected chi connectivity index (χ3v) is 4.60. The molecule has 0 unspecified atom stereocenters. The van der Waals surface area contributed by atoms with Crippen LogP contribution in [-0.4, -0.2) is 28.1 Å². The predicted molar refractivity (Wildman–Crippen MR) is 78.3 cm³/mol. The number of nitrogens with zero attached hydrogens (tertiary/aromatic N) is 2. The number of fused-ring (bicyclic) bond motifs is 2. The molecule has 2 saturated carbocycles. The Hall–Kier alpha value is -1.52. The Balaban J connectivity index is 1.54. The molecule has 2 bridgehead atoms. The Morgan fingerprint density at radius 1 is 1.29 bits per heavy atom. The molecular weight excluding hydrogens is 268 g/mol. The minimum atomic E-state index is -0.521. The number of carbonyl (C=O) groups is 1. The summed E-state index contributed by atoms with van der Waals surface area (Å²) in [7, 11) is 0. The van der Waals surface area contributed by atoms with Gasteiger partial charge in [0.1, 0.15) is 5.60 Å². The van der Waals surface area contributed by atoms with Gasteiger partial charge in [-0.2, -0.15) is 4.68 Å². The van der Waals surface area contributed by atoms with E-state index in [1.807, 2.05) is 20.8 Å². The molecule has 3 rings (SSSR count). The van der Waals surface area contributed by atoms with Crippen LogP contribution in [0.2, 0.25) is 0 Å². The summed E-state index contributed by atoms with van der Waals surface area (Å²) in [5, 5.41) is 4.15. The van der Waals surface area contributed by atoms with Crippen molar-refractivity contribution in [2.45, 2.75) is 52.1 Å². The van der Waals surface area contributed by atoms with Crippen molar-refractivity contribution >= 4 is 6.09 Å². The lowest BCUT2D eigenvalue weighted by molar-refractivity contribution is 0.0511. The van der Waals surface area contributed by atoms with Crippen LogP contribution >= 0.6 is 0 Å². The SMILES string of the molecule is CC(C)(C)OC(=O)n1ccc(OCC2C3CCC2CC3)n1. The Morgan fingerprint density at radius 3 is 2.48 bits per heavy atom. The van der Waals surface area contributed by atoms with Gasteiger partial charge in [-0.15, -0.1) is 5.10 Å². The standard InChI is InChI=1S/C16H24N2O3/c1-16(2,3)21-15(19)18-9-8-14(17-18)20-10-13-11-4-5-12(13)7-6-11/h8-9,11-13H,4-7,10H2,1-3H3. The molecule has 2 aliphatic carbocycles. The molecule has 0 saturated heterocycles. The molecule has 0 radical (unpaired) electrons. The van der Waals surface area contributed by atoms with E-state index < -0.39 is 11.7 Å². The lowest BCUT2D eigenvalue weighted by atomic mass is 9.99. The number of hydrogen-bond acceptors (Lipinski definition) is 4. The molecule has 0 aromatic carbocycles. The van der Waals surface area contributed by atoms with E-state index in [2.05, 4.69) is 5.10 Å². The zero-order valence-electron chi connectivity index (χ0n) is 13.0. The molecule has 5 heteroatoms. The van der Waals surface area contributed by atoms with Crippen LogP contribution < -0.4 is 4.74 Å². The van der Waals surface area contributed by atoms with E-state index in [1.54, 1.807) is 12.3 Å². The second kappa shape index (κ2) is 5.35. The van der Waals surface area contributed by atoms with Gasteiger partial charge < -0.3 is 9.47 Å². The highest BCUT2D eigenvalue weighted by atomic mass is 16.6. The molecule has 1 aromatic heterocycles. The topological polar surface area (TPSA) is 53.4 Å². The largest absolute Gasteiger partial charge is 0.476 e. The van der Waals surface area contributed by atoms with Crippen LogP contribution in [0.4, 0.5) is 4.79 Å². The number of rotatable bonds is 3. The summed E-state index contributed by atoms with van der Waals surface area (Å²) < 4.78 is 12.3. The van der Waals surface area contributed by atoms with Gasteiger partial charge in [-0.1, -0.05) is 0 Å². The van der Waals surface area contributed by atoms with E-state index in [-0.39, 0.29) is 0 Å². The summed E-state index contributed by atoms with van der Waals surface area (Å²) in [6.07, 6.45) is 6.53. The maximum atomic E-state index is 11.9. The first-order valence-corrected chi connectivity index (χ1v) is 7.84. The van der Waals surface area contributed by atoms with Gasteiger partial charge >= 0.3 is 6.09 Å². The van der Waals surface area contributed by atoms with Gasteiger partial charge in [0, 0.05) is 12.3 Å². The average molecular weight is 292 g/mol. The fraction of sp³-hybridized carbons (Fsp3) is 0.750. The van der Waals surface area contributed by atoms with Crippen molar-refractivity contribution in [3.8, 4) is 5.88 Å². The third-order valence-electron chi connectivity index (χ3n) is 4.60. The maximum absolute atomic E-state index is 11.9. The highest BCUT2D eigenvalue weighted by Crippen LogP contribution is 2.49. The smallest absolute Gasteiger partial charge is 0.435 e. The molecule has 0 aliphatic heterocycles. The van der Waals surface area contributed by atoms with Gasteiger partial charge in [0.25, 0.3) is 0 Å². The van der Waals surface area contributed by atoms with Crippen molar-refractivity contribution in [1.82, 2.24) is 9.78 Å². The van der Waals surface area contributed by atoms with Crippen LogP contribution in [0.25, 0.3) is 0 Å². The summed E-state index contributed by atoms with van der Waals surface area (Å²) in [4.78, 5) is 11.9. The first-order valence-electron chi connectivity index (χ1n) is 7.84. The second-order valence-electron chi connectivity index (χ2n) is 7.23. The van der Waals surface area contributed by atoms with E-state index in [9.17, 15) is 4.79 Å². The molecule has 0 spiro atoms. The van der Waals surface area contributed by atoms with Crippen LogP contribution in [0.5, 0.6) is 5.88 Å². The molecule has 0 atom stereocenters. The average Bonchev–Trinajstić information content (AvgIpc) is 3.09. The number of ether oxygens (including phenoxy) is 2. The van der Waals surface area contributed by atoms with Gasteiger partial charge in [0.2, 0.25) is 5.88 Å². The van der Waals surface area contributed by atoms with Gasteiger partial charge in [-0.25, -0.2) is 4.79 Å². The monoisotopic (exact) mass is 292 g/mol. The van der Waals surface area contributed by atoms with Crippen molar-refractivity contribution in [1.29, 1.82) is 0 Å². The highest BCUT2D eigenvalue weighted by Gasteiger charge is 2.41. The molecular formula is C16H24N2O3. The molecule has 0 N–H and O–H groups in total. The van der Waals surface area contributed by atoms with Gasteiger partial charge in [0.15, 0.2) is 0 Å². The van der Waals surface area contributed by atoms with Crippen LogP contribution in [0.1, 0.15) is 46.5 Å². The summed E-state index contributed by atoms with van der Waals surface area (Å²) in [5.74, 6) is 2.86. The van der Waals surface area contributed by atoms with Crippen LogP contribution in [0.3, 0.4) is 0 Å². The summed E-state index contributed by atoms with van der Waals surface area (Å²) >= 11 is 0. The molecule has 5 nitrogen and oxygen atoms in total. The normalized spacial score (nSPS) is 27.9. The zero-order valence-corrected chi connectivity index (χ0v) is 13.0. The molecule has 2 fully saturated rings. The summed E-state index contributed by atoms with van der Waals surface area (Å²) in [6.45, 7) is 6.23. The maximum Gasteiger partial charge on any atom is 0.435 e. The van der Waals surface area contributed by atoms with Crippen molar-refractivity contribution in [3.05, 3.63) is 12.3 Å². The van der Waals surface area contributed by atoms with Crippen molar-refractivity contribution in [3.63, 3.8) is 0 Å². The molecule has 1 aromatic rings. The fourth-order valence-electron chi connectivity index (χ4n) is 3.63. The lowest BCUT2D eigenvalue weighted by Crippen LogP contribution is -2.27. The molecule has 21 heavy (non-hydrogen) atoms. The van der Waals surface area contributed by atoms with Crippen molar-refractivity contribution in [2.24, 2.45) is 17.8 Å². The minimum Gasteiger partial charge on any atom is -0.476 e. The molecule has 1 heterocycles. The third kappa shape index (κ3) is 3.22. The van der Waals surface area contributed by atoms with Crippen molar-refractivity contribution in [2.75, 3.05) is 6.61 Å². The number of carbonyl (C=O) groups excluding carboxylic acids is 1. The Morgan fingerprint density at radius 2 is 1.90 bits per heavy atom. The number of aromatic nitrogens is 2. The molecule has 116 valence electrons. The Bertz CT molecular complexity index is 498. The van der Waals surface area contributed by atoms with Crippen LogP contribution in [-0.2, 0) is 4.74 Å². The summed E-state index contributed by atoms with van der Waals surface area (Å²) in [5.41, 5.74) is -0.521. The quantitative estimate of drug-likeness (QED) is 0.856. The predicted octanol–water partition coefficient (Wildman–Crippen LogP) is 3.48. The van der Waals surface area contributed by atoms with Gasteiger partial charge in [-0.3, -0.25) is 0 Å². The molecule has 0 amide bonds. The van der Waals surface area contributed by atoms with E-state index in [1.165, 1.54) is 30.4 Å². The first-order chi connectivity index (χ1) is 9.92. The fourth-order valence-corrected chi connectivity index (χ4v) is 3.63. The second-order valence-corrected chi connectivity index (χ2v) is 7.23. The Labute approximate surface area is 125 Å². The van der Waals surface area contributed by atoms with Crippen LogP contribution in [0.15, 0.2) is 12.3 Å². The highest BCUT2D eigenvalue weighted by molar-refractivity contribution is 5.69. The number of hydrogen-bond donors (Lipinski definition) is 0. The minimum absolute atomic E-state index is 0.474. The van der Waals surface area contributed by atoms with E-state index >= 15 is 0 Å². The van der Waals surface area contributed by atoms with E-state index in [0.717, 1.165) is 18.4 Å². The molecule has 2 aliphatic rings.